The van der Waals surface area contributed by atoms with Crippen molar-refractivity contribution in [2.75, 3.05) is 0 Å². The summed E-state index contributed by atoms with van der Waals surface area (Å²) in [4.78, 5) is 4.31. The molecule has 0 N–H and O–H groups in total. The van der Waals surface area contributed by atoms with Crippen molar-refractivity contribution in [2.45, 2.75) is 6.92 Å². The number of nitrogens with zero attached hydrogens (tertiary/aromatic N) is 2. The molecule has 0 aliphatic heterocycles. The Bertz CT molecular complexity index is 963. The van der Waals surface area contributed by atoms with Crippen LogP contribution in [0.15, 0.2) is 62.5 Å². The van der Waals surface area contributed by atoms with Crippen molar-refractivity contribution in [3.8, 4) is 0 Å². The summed E-state index contributed by atoms with van der Waals surface area (Å²) >= 11 is 0. The highest BCUT2D eigenvalue weighted by atomic mass is 16.5. The van der Waals surface area contributed by atoms with Gasteiger partial charge in [0.25, 0.3) is 0 Å². The van der Waals surface area contributed by atoms with Crippen LogP contribution in [0.2, 0.25) is 0 Å². The van der Waals surface area contributed by atoms with Crippen molar-refractivity contribution in [1.29, 1.82) is 0 Å². The molecule has 0 fully saturated rings. The van der Waals surface area contributed by atoms with Crippen LogP contribution < -0.4 is 0 Å². The Morgan fingerprint density at radius 1 is 1.00 bits per heavy atom. The molecular weight excluding hydrogens is 264 g/mol. The second-order valence-electron chi connectivity index (χ2n) is 4.91. The Morgan fingerprint density at radius 3 is 2.71 bits per heavy atom. The van der Waals surface area contributed by atoms with E-state index >= 15 is 0 Å². The molecule has 0 amide bonds. The third kappa shape index (κ3) is 2.10. The van der Waals surface area contributed by atoms with Gasteiger partial charge >= 0.3 is 0 Å². The fourth-order valence-corrected chi connectivity index (χ4v) is 2.38. The third-order valence-corrected chi connectivity index (χ3v) is 3.36. The van der Waals surface area contributed by atoms with Gasteiger partial charge in [-0.1, -0.05) is 23.4 Å². The van der Waals surface area contributed by atoms with Gasteiger partial charge in [0.15, 0.2) is 5.82 Å². The molecule has 102 valence electrons. The van der Waals surface area contributed by atoms with Crippen LogP contribution in [-0.4, -0.2) is 11.4 Å². The van der Waals surface area contributed by atoms with E-state index in [9.17, 15) is 0 Å². The van der Waals surface area contributed by atoms with Crippen LogP contribution in [0.25, 0.3) is 21.9 Å². The fraction of sp³-hybridized carbons (Fsp3) is 0.0588. The average Bonchev–Trinajstić information content (AvgIpc) is 3.08. The summed E-state index contributed by atoms with van der Waals surface area (Å²) in [5.74, 6) is 1.32. The molecule has 2 aromatic carbocycles. The predicted molar refractivity (Wildman–Crippen MR) is 82.2 cm³/mol. The van der Waals surface area contributed by atoms with Crippen LogP contribution in [0, 0.1) is 6.92 Å². The molecule has 4 heteroatoms. The van der Waals surface area contributed by atoms with Gasteiger partial charge in [0, 0.05) is 23.1 Å². The highest BCUT2D eigenvalue weighted by molar-refractivity contribution is 6.06. The summed E-state index contributed by atoms with van der Waals surface area (Å²) in [5, 5.41) is 6.04. The van der Waals surface area contributed by atoms with E-state index in [1.54, 1.807) is 12.3 Å². The molecule has 4 nitrogen and oxygen atoms in total. The van der Waals surface area contributed by atoms with Gasteiger partial charge in [-0.15, -0.1) is 0 Å². The van der Waals surface area contributed by atoms with Gasteiger partial charge < -0.3 is 8.94 Å². The number of aliphatic imine (C=N–C) groups is 1. The quantitative estimate of drug-likeness (QED) is 0.501. The SMILES string of the molecule is Cc1cc(N=Cc2ccc3oc4ccccc4c3c2)no1. The molecule has 4 rings (SSSR count). The Labute approximate surface area is 120 Å². The molecular formula is C17H12N2O2. The van der Waals surface area contributed by atoms with Gasteiger partial charge in [-0.05, 0) is 36.8 Å². The van der Waals surface area contributed by atoms with Crippen molar-refractivity contribution in [3.05, 3.63) is 59.9 Å². The van der Waals surface area contributed by atoms with Crippen molar-refractivity contribution < 1.29 is 8.94 Å². The molecule has 0 aliphatic carbocycles. The van der Waals surface area contributed by atoms with Gasteiger partial charge in [-0.25, -0.2) is 4.99 Å². The first-order chi connectivity index (χ1) is 10.3. The van der Waals surface area contributed by atoms with E-state index < -0.39 is 0 Å². The second kappa shape index (κ2) is 4.59. The number of hydrogen-bond donors (Lipinski definition) is 0. The lowest BCUT2D eigenvalue weighted by Gasteiger charge is -1.93. The molecule has 0 radical (unpaired) electrons. The van der Waals surface area contributed by atoms with Gasteiger partial charge in [0.05, 0.1) is 0 Å². The van der Waals surface area contributed by atoms with Gasteiger partial charge in [0.1, 0.15) is 16.9 Å². The lowest BCUT2D eigenvalue weighted by molar-refractivity contribution is 0.399. The van der Waals surface area contributed by atoms with Crippen molar-refractivity contribution in [2.24, 2.45) is 4.99 Å². The number of para-hydroxylation sites is 1. The number of aromatic nitrogens is 1. The maximum Gasteiger partial charge on any atom is 0.195 e. The lowest BCUT2D eigenvalue weighted by Crippen LogP contribution is -1.79. The average molecular weight is 276 g/mol. The zero-order valence-electron chi connectivity index (χ0n) is 11.4. The topological polar surface area (TPSA) is 51.5 Å². The first kappa shape index (κ1) is 11.9. The Morgan fingerprint density at radius 2 is 1.86 bits per heavy atom. The zero-order chi connectivity index (χ0) is 14.2. The van der Waals surface area contributed by atoms with E-state index in [2.05, 4.69) is 22.3 Å². The lowest BCUT2D eigenvalue weighted by atomic mass is 10.1. The molecule has 0 unspecified atom stereocenters. The minimum absolute atomic E-state index is 0.574. The standard InChI is InChI=1S/C17H12N2O2/c1-11-8-17(19-21-11)18-10-12-6-7-16-14(9-12)13-4-2-3-5-15(13)20-16/h2-10H,1H3. The largest absolute Gasteiger partial charge is 0.456 e. The maximum absolute atomic E-state index is 5.80. The number of aryl methyl sites for hydroxylation is 1. The summed E-state index contributed by atoms with van der Waals surface area (Å²) in [7, 11) is 0. The zero-order valence-corrected chi connectivity index (χ0v) is 11.4. The Kier molecular flexibility index (Phi) is 2.60. The minimum Gasteiger partial charge on any atom is -0.456 e. The van der Waals surface area contributed by atoms with Crippen molar-refractivity contribution in [3.63, 3.8) is 0 Å². The first-order valence-corrected chi connectivity index (χ1v) is 6.68. The number of benzene rings is 2. The molecule has 0 bridgehead atoms. The molecule has 21 heavy (non-hydrogen) atoms. The minimum atomic E-state index is 0.574. The summed E-state index contributed by atoms with van der Waals surface area (Å²) in [6.45, 7) is 1.84. The van der Waals surface area contributed by atoms with E-state index in [1.807, 2.05) is 37.3 Å². The smallest absolute Gasteiger partial charge is 0.195 e. The number of rotatable bonds is 2. The van der Waals surface area contributed by atoms with Crippen molar-refractivity contribution in [1.82, 2.24) is 5.16 Å². The van der Waals surface area contributed by atoms with E-state index in [0.29, 0.717) is 5.82 Å². The molecule has 0 spiro atoms. The summed E-state index contributed by atoms with van der Waals surface area (Å²) in [6, 6.07) is 15.8. The molecule has 2 aromatic heterocycles. The number of hydrogen-bond acceptors (Lipinski definition) is 4. The number of furan rings is 1. The van der Waals surface area contributed by atoms with E-state index in [0.717, 1.165) is 33.3 Å². The highest BCUT2D eigenvalue weighted by Gasteiger charge is 2.06. The van der Waals surface area contributed by atoms with Crippen LogP contribution in [0.5, 0.6) is 0 Å². The normalized spacial score (nSPS) is 11.9. The molecule has 0 atom stereocenters. The maximum atomic E-state index is 5.80. The van der Waals surface area contributed by atoms with Crippen molar-refractivity contribution >= 4 is 34.0 Å². The predicted octanol–water partition coefficient (Wildman–Crippen LogP) is 4.63. The summed E-state index contributed by atoms with van der Waals surface area (Å²) < 4.78 is 10.8. The molecule has 2 heterocycles. The van der Waals surface area contributed by atoms with Gasteiger partial charge in [-0.2, -0.15) is 0 Å². The van der Waals surface area contributed by atoms with Gasteiger partial charge in [-0.3, -0.25) is 0 Å². The molecule has 0 saturated carbocycles. The highest BCUT2D eigenvalue weighted by Crippen LogP contribution is 2.28. The first-order valence-electron chi connectivity index (χ1n) is 6.68. The summed E-state index contributed by atoms with van der Waals surface area (Å²) in [6.07, 6.45) is 1.78. The third-order valence-electron chi connectivity index (χ3n) is 3.36. The Hall–Kier alpha value is -2.88. The van der Waals surface area contributed by atoms with Gasteiger partial charge in [0.2, 0.25) is 0 Å². The molecule has 4 aromatic rings. The van der Waals surface area contributed by atoms with Crippen LogP contribution >= 0.6 is 0 Å². The second-order valence-corrected chi connectivity index (χ2v) is 4.91. The van der Waals surface area contributed by atoms with E-state index in [4.69, 9.17) is 8.94 Å². The van der Waals surface area contributed by atoms with Crippen LogP contribution in [-0.2, 0) is 0 Å². The van der Waals surface area contributed by atoms with E-state index in [1.165, 1.54) is 0 Å². The molecule has 0 saturated heterocycles. The van der Waals surface area contributed by atoms with Crippen LogP contribution in [0.1, 0.15) is 11.3 Å². The molecule has 0 aliphatic rings. The van der Waals surface area contributed by atoms with E-state index in [-0.39, 0.29) is 0 Å². The monoisotopic (exact) mass is 276 g/mol. The Balaban J connectivity index is 1.79. The van der Waals surface area contributed by atoms with Crippen LogP contribution in [0.4, 0.5) is 5.82 Å². The number of fused-ring (bicyclic) bond motifs is 3. The van der Waals surface area contributed by atoms with Crippen LogP contribution in [0.3, 0.4) is 0 Å². The fourth-order valence-electron chi connectivity index (χ4n) is 2.38. The summed E-state index contributed by atoms with van der Waals surface area (Å²) in [5.41, 5.74) is 2.77.